The highest BCUT2D eigenvalue weighted by molar-refractivity contribution is 7.99. The van der Waals surface area contributed by atoms with Gasteiger partial charge in [-0.1, -0.05) is 42.1 Å². The molecule has 1 fully saturated rings. The van der Waals surface area contributed by atoms with E-state index >= 15 is 4.39 Å². The quantitative estimate of drug-likeness (QED) is 0.0743. The number of hydrogen-bond acceptors (Lipinski definition) is 11. The molecule has 0 spiro atoms. The molecule has 6 aromatic rings. The predicted octanol–water partition coefficient (Wildman–Crippen LogP) is 7.41. The fourth-order valence-electron chi connectivity index (χ4n) is 7.43. The SMILES string of the molecule is CNC(=O)[C@@H](CCC=O)N(C)Cc1cc(C2CC(Cc3cccc(Sc4ccc(Nc5nc6c(OC(C)C)c(-c7cn[nH]c7)ncn6n5)c(F)c4)c3)C2)ccc1C=O. The van der Waals surface area contributed by atoms with E-state index in [1.807, 2.05) is 56.1 Å². The fraction of sp³-hybridized carbons (Fsp3) is 0.326. The van der Waals surface area contributed by atoms with E-state index in [4.69, 9.17) is 4.74 Å². The lowest BCUT2D eigenvalue weighted by atomic mass is 9.69. The Morgan fingerprint density at radius 1 is 1.12 bits per heavy atom. The molecule has 3 aromatic carbocycles. The number of ether oxygens (including phenoxy) is 1. The zero-order valence-electron chi connectivity index (χ0n) is 32.8. The van der Waals surface area contributed by atoms with E-state index in [9.17, 15) is 14.4 Å². The number of aromatic nitrogens is 6. The maximum absolute atomic E-state index is 15.5. The normalized spacial score (nSPS) is 15.6. The Balaban J connectivity index is 0.965. The summed E-state index contributed by atoms with van der Waals surface area (Å²) in [5, 5.41) is 17.0. The van der Waals surface area contributed by atoms with Crippen LogP contribution >= 0.6 is 11.8 Å². The maximum Gasteiger partial charge on any atom is 0.247 e. The Bertz CT molecular complexity index is 2400. The third-order valence-corrected chi connectivity index (χ3v) is 11.4. The van der Waals surface area contributed by atoms with Gasteiger partial charge in [0.2, 0.25) is 17.5 Å². The van der Waals surface area contributed by atoms with E-state index in [0.29, 0.717) is 47.5 Å². The van der Waals surface area contributed by atoms with Crippen LogP contribution in [0.25, 0.3) is 16.9 Å². The number of carbonyl (C=O) groups is 3. The number of benzene rings is 3. The van der Waals surface area contributed by atoms with E-state index in [2.05, 4.69) is 54.1 Å². The summed E-state index contributed by atoms with van der Waals surface area (Å²) in [5.74, 6) is 0.966. The van der Waals surface area contributed by atoms with Crippen molar-refractivity contribution in [1.29, 1.82) is 0 Å². The number of aromatic amines is 1. The van der Waals surface area contributed by atoms with Crippen molar-refractivity contribution in [1.82, 2.24) is 40.0 Å². The molecule has 15 heteroatoms. The molecule has 7 rings (SSSR count). The third kappa shape index (κ3) is 9.27. The van der Waals surface area contributed by atoms with E-state index in [1.54, 1.807) is 25.5 Å². The molecule has 3 aromatic heterocycles. The Morgan fingerprint density at radius 2 is 1.95 bits per heavy atom. The molecule has 0 saturated heterocycles. The van der Waals surface area contributed by atoms with E-state index in [1.165, 1.54) is 39.8 Å². The van der Waals surface area contributed by atoms with Crippen LogP contribution in [0.4, 0.5) is 16.0 Å². The van der Waals surface area contributed by atoms with Crippen molar-refractivity contribution in [2.24, 2.45) is 5.92 Å². The highest BCUT2D eigenvalue weighted by Gasteiger charge is 2.31. The summed E-state index contributed by atoms with van der Waals surface area (Å²) in [5.41, 5.74) is 5.89. The molecule has 1 aliphatic rings. The van der Waals surface area contributed by atoms with Gasteiger partial charge in [-0.15, -0.1) is 5.10 Å². The van der Waals surface area contributed by atoms with E-state index < -0.39 is 11.9 Å². The summed E-state index contributed by atoms with van der Waals surface area (Å²) in [6, 6.07) is 19.0. The van der Waals surface area contributed by atoms with Crippen LogP contribution in [-0.4, -0.2) is 79.4 Å². The first kappa shape index (κ1) is 40.3. The minimum absolute atomic E-state index is 0.146. The first-order valence-corrected chi connectivity index (χ1v) is 20.1. The second-order valence-corrected chi connectivity index (χ2v) is 16.0. The summed E-state index contributed by atoms with van der Waals surface area (Å²) >= 11 is 1.50. The van der Waals surface area contributed by atoms with Crippen molar-refractivity contribution in [3.05, 3.63) is 107 Å². The van der Waals surface area contributed by atoms with Crippen LogP contribution in [0.5, 0.6) is 5.75 Å². The van der Waals surface area contributed by atoms with Gasteiger partial charge in [-0.25, -0.2) is 9.37 Å². The zero-order chi connectivity index (χ0) is 40.8. The summed E-state index contributed by atoms with van der Waals surface area (Å²) < 4.78 is 23.1. The topological polar surface area (TPSA) is 160 Å². The Morgan fingerprint density at radius 3 is 2.67 bits per heavy atom. The lowest BCUT2D eigenvalue weighted by Crippen LogP contribution is -2.43. The fourth-order valence-corrected chi connectivity index (χ4v) is 8.36. The number of H-pyrrole nitrogens is 1. The second-order valence-electron chi connectivity index (χ2n) is 14.9. The molecule has 0 radical (unpaired) electrons. The molecule has 1 atom stereocenters. The van der Waals surface area contributed by atoms with Crippen LogP contribution in [0.3, 0.4) is 0 Å². The first-order valence-electron chi connectivity index (χ1n) is 19.3. The maximum atomic E-state index is 15.5. The molecule has 3 heterocycles. The molecule has 1 aliphatic carbocycles. The molecule has 1 amide bonds. The van der Waals surface area contributed by atoms with Gasteiger partial charge in [-0.3, -0.25) is 19.6 Å². The van der Waals surface area contributed by atoms with E-state index in [0.717, 1.165) is 52.8 Å². The average Bonchev–Trinajstić information content (AvgIpc) is 3.88. The van der Waals surface area contributed by atoms with Crippen LogP contribution in [0, 0.1) is 11.7 Å². The highest BCUT2D eigenvalue weighted by atomic mass is 32.2. The number of amides is 1. The van der Waals surface area contributed by atoms with Crippen LogP contribution in [0.2, 0.25) is 0 Å². The number of nitrogens with zero attached hydrogens (tertiary/aromatic N) is 6. The number of likely N-dealkylation sites (N-methyl/N-ethyl adjacent to an activating group) is 2. The molecule has 3 N–H and O–H groups in total. The summed E-state index contributed by atoms with van der Waals surface area (Å²) in [6.45, 7) is 4.25. The standard InChI is InChI=1S/C43H46FN9O4S/c1-26(2)57-40-39(33-21-47-48-22-33)46-25-53-41(40)50-43(51-53)49-37-13-12-35(20-36(37)44)58-34-8-5-7-27(18-34)15-28-16-31(17-28)29-10-11-30(24-55)32(19-29)23-52(4)38(9-6-14-54)42(56)45-3/h5,7-8,10-14,18-22,24-26,28,31,38H,6,9,15-17,23H2,1-4H3,(H,45,56)(H,47,48)(H,49,51)/t28?,31?,38-/m1/s1. The third-order valence-electron chi connectivity index (χ3n) is 10.4. The molecule has 0 aliphatic heterocycles. The molecule has 58 heavy (non-hydrogen) atoms. The Kier molecular flexibility index (Phi) is 12.6. The monoisotopic (exact) mass is 803 g/mol. The number of nitrogens with one attached hydrogen (secondary N) is 3. The molecule has 0 unspecified atom stereocenters. The number of rotatable bonds is 18. The van der Waals surface area contributed by atoms with Crippen molar-refractivity contribution < 1.29 is 23.5 Å². The van der Waals surface area contributed by atoms with Crippen molar-refractivity contribution in [2.75, 3.05) is 19.4 Å². The van der Waals surface area contributed by atoms with Crippen LogP contribution in [0.1, 0.15) is 72.5 Å². The Hall–Kier alpha value is -5.93. The predicted molar refractivity (Wildman–Crippen MR) is 220 cm³/mol. The number of hydrogen-bond donors (Lipinski definition) is 3. The number of aldehydes is 2. The summed E-state index contributed by atoms with van der Waals surface area (Å²) in [4.78, 5) is 48.3. The summed E-state index contributed by atoms with van der Waals surface area (Å²) in [6.07, 6.45) is 10.1. The van der Waals surface area contributed by atoms with Crippen molar-refractivity contribution >= 4 is 47.5 Å². The Labute approximate surface area is 340 Å². The van der Waals surface area contributed by atoms with E-state index in [-0.39, 0.29) is 30.1 Å². The van der Waals surface area contributed by atoms with Crippen molar-refractivity contribution in [3.63, 3.8) is 0 Å². The highest BCUT2D eigenvalue weighted by Crippen LogP contribution is 2.44. The van der Waals surface area contributed by atoms with Gasteiger partial charge in [0, 0.05) is 47.1 Å². The van der Waals surface area contributed by atoms with Crippen LogP contribution < -0.4 is 15.4 Å². The summed E-state index contributed by atoms with van der Waals surface area (Å²) in [7, 11) is 3.43. The van der Waals surface area contributed by atoms with Gasteiger partial charge >= 0.3 is 0 Å². The average molecular weight is 804 g/mol. The molecule has 0 bridgehead atoms. The van der Waals surface area contributed by atoms with Gasteiger partial charge < -0.3 is 20.2 Å². The van der Waals surface area contributed by atoms with Crippen molar-refractivity contribution in [2.45, 2.75) is 80.4 Å². The van der Waals surface area contributed by atoms with Crippen LogP contribution in [-0.2, 0) is 22.6 Å². The van der Waals surface area contributed by atoms with Crippen molar-refractivity contribution in [3.8, 4) is 17.0 Å². The van der Waals surface area contributed by atoms with Gasteiger partial charge in [0.05, 0.1) is 24.0 Å². The van der Waals surface area contributed by atoms with Crippen LogP contribution in [0.15, 0.2) is 89.2 Å². The van der Waals surface area contributed by atoms with Gasteiger partial charge in [-0.05, 0) is 105 Å². The molecular formula is C43H46FN9O4S. The smallest absolute Gasteiger partial charge is 0.247 e. The molecule has 300 valence electrons. The lowest BCUT2D eigenvalue weighted by Gasteiger charge is -2.36. The van der Waals surface area contributed by atoms with Gasteiger partial charge in [0.25, 0.3) is 0 Å². The molecule has 1 saturated carbocycles. The largest absolute Gasteiger partial charge is 0.485 e. The number of fused-ring (bicyclic) bond motifs is 1. The van der Waals surface area contributed by atoms with Gasteiger partial charge in [0.15, 0.2) is 5.75 Å². The number of carbonyl (C=O) groups excluding carboxylic acids is 3. The van der Waals surface area contributed by atoms with Gasteiger partial charge in [-0.2, -0.15) is 14.6 Å². The first-order chi connectivity index (χ1) is 28.1. The second kappa shape index (κ2) is 18.1. The number of halogens is 1. The minimum atomic E-state index is -0.469. The minimum Gasteiger partial charge on any atom is -0.485 e. The van der Waals surface area contributed by atoms with Gasteiger partial charge in [0.1, 0.15) is 30.4 Å². The zero-order valence-corrected chi connectivity index (χ0v) is 33.6. The number of anilines is 2. The lowest BCUT2D eigenvalue weighted by molar-refractivity contribution is -0.126. The molecular weight excluding hydrogens is 758 g/mol. The molecule has 13 nitrogen and oxygen atoms in total.